The number of ether oxygens (including phenoxy) is 1. The first-order chi connectivity index (χ1) is 8.05. The van der Waals surface area contributed by atoms with E-state index in [9.17, 15) is 9.90 Å². The van der Waals surface area contributed by atoms with Gasteiger partial charge in [-0.2, -0.15) is 0 Å². The van der Waals surface area contributed by atoms with Crippen LogP contribution in [0.4, 0.5) is 0 Å². The topological polar surface area (TPSA) is 70.6 Å². The van der Waals surface area contributed by atoms with E-state index in [-0.39, 0.29) is 11.9 Å². The number of rotatable bonds is 6. The molecule has 5 heteroatoms. The maximum Gasteiger partial charge on any atom is 0.237 e. The van der Waals surface area contributed by atoms with Gasteiger partial charge in [0.15, 0.2) is 0 Å². The van der Waals surface area contributed by atoms with E-state index in [1.165, 1.54) is 0 Å². The van der Waals surface area contributed by atoms with E-state index >= 15 is 0 Å². The second kappa shape index (κ2) is 6.93. The average molecular weight is 244 g/mol. The molecule has 1 amide bonds. The van der Waals surface area contributed by atoms with E-state index in [1.54, 1.807) is 14.0 Å². The number of amides is 1. The van der Waals surface area contributed by atoms with Crippen molar-refractivity contribution in [3.05, 3.63) is 0 Å². The first-order valence-corrected chi connectivity index (χ1v) is 6.27. The van der Waals surface area contributed by atoms with Gasteiger partial charge in [0.2, 0.25) is 5.91 Å². The lowest BCUT2D eigenvalue weighted by Gasteiger charge is -2.26. The Balaban J connectivity index is 2.34. The third-order valence-corrected chi connectivity index (χ3v) is 3.11. The highest BCUT2D eigenvalue weighted by Crippen LogP contribution is 2.10. The summed E-state index contributed by atoms with van der Waals surface area (Å²) in [7, 11) is 1.61. The number of hydrogen-bond donors (Lipinski definition) is 3. The summed E-state index contributed by atoms with van der Waals surface area (Å²) in [6.45, 7) is 3.45. The molecule has 0 radical (unpaired) electrons. The van der Waals surface area contributed by atoms with Gasteiger partial charge in [-0.15, -0.1) is 0 Å². The van der Waals surface area contributed by atoms with Crippen molar-refractivity contribution in [2.45, 2.75) is 44.2 Å². The minimum absolute atomic E-state index is 0.0463. The normalized spacial score (nSPS) is 24.9. The van der Waals surface area contributed by atoms with Gasteiger partial charge in [0, 0.05) is 33.2 Å². The number of nitrogens with one attached hydrogen (secondary N) is 2. The van der Waals surface area contributed by atoms with Gasteiger partial charge in [-0.05, 0) is 26.2 Å². The minimum atomic E-state index is -0.831. The molecular weight excluding hydrogens is 220 g/mol. The van der Waals surface area contributed by atoms with Gasteiger partial charge in [-0.25, -0.2) is 0 Å². The standard InChI is InChI=1S/C12H24N2O3/c1-12(16,6-8-17-2)9-14-10-5-3-4-7-13-11(10)15/h10,14,16H,3-9H2,1-2H3,(H,13,15). The summed E-state index contributed by atoms with van der Waals surface area (Å²) in [5.74, 6) is 0.0463. The summed E-state index contributed by atoms with van der Waals surface area (Å²) in [6.07, 6.45) is 3.47. The van der Waals surface area contributed by atoms with Crippen molar-refractivity contribution in [3.8, 4) is 0 Å². The van der Waals surface area contributed by atoms with Crippen LogP contribution < -0.4 is 10.6 Å². The van der Waals surface area contributed by atoms with Crippen molar-refractivity contribution in [1.82, 2.24) is 10.6 Å². The molecule has 0 spiro atoms. The molecule has 2 unspecified atom stereocenters. The Morgan fingerprint density at radius 2 is 2.35 bits per heavy atom. The number of aliphatic hydroxyl groups is 1. The van der Waals surface area contributed by atoms with Crippen LogP contribution in [0, 0.1) is 0 Å². The van der Waals surface area contributed by atoms with E-state index in [1.807, 2.05) is 0 Å². The van der Waals surface area contributed by atoms with Crippen LogP contribution in [0.2, 0.25) is 0 Å². The van der Waals surface area contributed by atoms with Gasteiger partial charge in [-0.1, -0.05) is 0 Å². The third kappa shape index (κ3) is 5.48. The van der Waals surface area contributed by atoms with Crippen molar-refractivity contribution in [1.29, 1.82) is 0 Å². The van der Waals surface area contributed by atoms with E-state index in [4.69, 9.17) is 4.74 Å². The molecule has 17 heavy (non-hydrogen) atoms. The average Bonchev–Trinajstić information content (AvgIpc) is 2.49. The zero-order chi connectivity index (χ0) is 12.7. The predicted octanol–water partition coefficient (Wildman–Crippen LogP) is 0.0322. The highest BCUT2D eigenvalue weighted by Gasteiger charge is 2.25. The molecule has 0 aromatic heterocycles. The van der Waals surface area contributed by atoms with Crippen molar-refractivity contribution in [3.63, 3.8) is 0 Å². The molecule has 1 saturated heterocycles. The van der Waals surface area contributed by atoms with Crippen LogP contribution in [0.5, 0.6) is 0 Å². The smallest absolute Gasteiger partial charge is 0.237 e. The highest BCUT2D eigenvalue weighted by atomic mass is 16.5. The maximum atomic E-state index is 11.7. The van der Waals surface area contributed by atoms with Crippen molar-refractivity contribution >= 4 is 5.91 Å². The summed E-state index contributed by atoms with van der Waals surface area (Å²) < 4.78 is 4.94. The molecule has 100 valence electrons. The number of methoxy groups -OCH3 is 1. The Hall–Kier alpha value is -0.650. The van der Waals surface area contributed by atoms with Crippen LogP contribution in [0.25, 0.3) is 0 Å². The van der Waals surface area contributed by atoms with Crippen molar-refractivity contribution in [2.75, 3.05) is 26.8 Å². The van der Waals surface area contributed by atoms with Gasteiger partial charge in [-0.3, -0.25) is 4.79 Å². The van der Waals surface area contributed by atoms with Crippen LogP contribution in [0.3, 0.4) is 0 Å². The van der Waals surface area contributed by atoms with E-state index in [2.05, 4.69) is 10.6 Å². The molecule has 1 heterocycles. The lowest BCUT2D eigenvalue weighted by atomic mass is 10.0. The van der Waals surface area contributed by atoms with Gasteiger partial charge in [0.05, 0.1) is 11.6 Å². The molecule has 0 saturated carbocycles. The van der Waals surface area contributed by atoms with Gasteiger partial charge in [0.1, 0.15) is 0 Å². The molecule has 0 aromatic carbocycles. The Morgan fingerprint density at radius 1 is 1.59 bits per heavy atom. The van der Waals surface area contributed by atoms with Gasteiger partial charge in [0.25, 0.3) is 0 Å². The molecule has 2 atom stereocenters. The van der Waals surface area contributed by atoms with Crippen LogP contribution in [0.1, 0.15) is 32.6 Å². The lowest BCUT2D eigenvalue weighted by Crippen LogP contribution is -2.48. The minimum Gasteiger partial charge on any atom is -0.389 e. The number of carbonyl (C=O) groups is 1. The molecule has 1 fully saturated rings. The summed E-state index contributed by atoms with van der Waals surface area (Å²) in [5, 5.41) is 16.1. The number of hydrogen-bond acceptors (Lipinski definition) is 4. The molecular formula is C12H24N2O3. The fourth-order valence-corrected chi connectivity index (χ4v) is 1.89. The van der Waals surface area contributed by atoms with Crippen LogP contribution in [-0.4, -0.2) is 49.5 Å². The molecule has 5 nitrogen and oxygen atoms in total. The Labute approximate surface area is 103 Å². The van der Waals surface area contributed by atoms with Crippen molar-refractivity contribution < 1.29 is 14.6 Å². The molecule has 1 rings (SSSR count). The monoisotopic (exact) mass is 244 g/mol. The molecule has 0 aromatic rings. The quantitative estimate of drug-likeness (QED) is 0.616. The first-order valence-electron chi connectivity index (χ1n) is 6.27. The zero-order valence-electron chi connectivity index (χ0n) is 10.8. The zero-order valence-corrected chi connectivity index (χ0v) is 10.8. The summed E-state index contributed by atoms with van der Waals surface area (Å²) in [6, 6.07) is -0.175. The molecule has 3 N–H and O–H groups in total. The van der Waals surface area contributed by atoms with E-state index < -0.39 is 5.60 Å². The largest absolute Gasteiger partial charge is 0.389 e. The van der Waals surface area contributed by atoms with Gasteiger partial charge >= 0.3 is 0 Å². The summed E-state index contributed by atoms with van der Waals surface area (Å²) in [4.78, 5) is 11.7. The van der Waals surface area contributed by atoms with E-state index in [0.717, 1.165) is 25.8 Å². The van der Waals surface area contributed by atoms with Crippen LogP contribution >= 0.6 is 0 Å². The second-order valence-electron chi connectivity index (χ2n) is 4.96. The SMILES string of the molecule is COCCC(C)(O)CNC1CCCCNC1=O. The van der Waals surface area contributed by atoms with Crippen LogP contribution in [-0.2, 0) is 9.53 Å². The van der Waals surface area contributed by atoms with E-state index in [0.29, 0.717) is 19.6 Å². The van der Waals surface area contributed by atoms with Gasteiger partial charge < -0.3 is 20.5 Å². The Kier molecular flexibility index (Phi) is 5.88. The number of carbonyl (C=O) groups excluding carboxylic acids is 1. The molecule has 1 aliphatic heterocycles. The summed E-state index contributed by atoms with van der Waals surface area (Å²) >= 11 is 0. The second-order valence-corrected chi connectivity index (χ2v) is 4.96. The predicted molar refractivity (Wildman–Crippen MR) is 65.8 cm³/mol. The molecule has 0 bridgehead atoms. The third-order valence-electron chi connectivity index (χ3n) is 3.11. The Morgan fingerprint density at radius 3 is 3.06 bits per heavy atom. The van der Waals surface area contributed by atoms with Crippen molar-refractivity contribution in [2.24, 2.45) is 0 Å². The highest BCUT2D eigenvalue weighted by molar-refractivity contribution is 5.81. The lowest BCUT2D eigenvalue weighted by molar-refractivity contribution is -0.123. The Bertz CT molecular complexity index is 244. The fourth-order valence-electron chi connectivity index (χ4n) is 1.89. The molecule has 1 aliphatic rings. The fraction of sp³-hybridized carbons (Fsp3) is 0.917. The molecule has 0 aliphatic carbocycles. The van der Waals surface area contributed by atoms with Crippen LogP contribution in [0.15, 0.2) is 0 Å². The maximum absolute atomic E-state index is 11.7. The summed E-state index contributed by atoms with van der Waals surface area (Å²) in [5.41, 5.74) is -0.831. The first kappa shape index (κ1) is 14.4.